The second kappa shape index (κ2) is 4.88. The fourth-order valence-electron chi connectivity index (χ4n) is 2.59. The van der Waals surface area contributed by atoms with Crippen molar-refractivity contribution in [1.29, 1.82) is 0 Å². The van der Waals surface area contributed by atoms with Crippen molar-refractivity contribution in [2.45, 2.75) is 39.2 Å². The molecule has 102 valence electrons. The Morgan fingerprint density at radius 2 is 1.89 bits per heavy atom. The first-order chi connectivity index (χ1) is 8.44. The third-order valence-electron chi connectivity index (χ3n) is 4.04. The van der Waals surface area contributed by atoms with E-state index in [9.17, 15) is 9.59 Å². The number of nitrogens with one attached hydrogen (secondary N) is 2. The first-order valence-corrected chi connectivity index (χ1v) is 6.68. The van der Waals surface area contributed by atoms with Gasteiger partial charge in [0.1, 0.15) is 0 Å². The number of carboxylic acids is 1. The maximum absolute atomic E-state index is 11.9. The minimum Gasteiger partial charge on any atom is -0.481 e. The summed E-state index contributed by atoms with van der Waals surface area (Å²) < 4.78 is 0. The molecule has 0 aromatic heterocycles. The molecule has 5 heteroatoms. The van der Waals surface area contributed by atoms with E-state index in [4.69, 9.17) is 5.11 Å². The predicted molar refractivity (Wildman–Crippen MR) is 67.0 cm³/mol. The Bertz CT molecular complexity index is 350. The summed E-state index contributed by atoms with van der Waals surface area (Å²) >= 11 is 0. The van der Waals surface area contributed by atoms with E-state index < -0.39 is 17.3 Å². The van der Waals surface area contributed by atoms with Crippen LogP contribution in [0.25, 0.3) is 0 Å². The van der Waals surface area contributed by atoms with Gasteiger partial charge in [0.25, 0.3) is 0 Å². The Hall–Kier alpha value is -1.10. The number of carboxylic acid groups (broad SMARTS) is 1. The molecule has 0 unspecified atom stereocenters. The molecule has 0 bridgehead atoms. The molecule has 2 atom stereocenters. The van der Waals surface area contributed by atoms with Gasteiger partial charge in [-0.15, -0.1) is 0 Å². The Kier molecular flexibility index (Phi) is 3.61. The van der Waals surface area contributed by atoms with E-state index in [2.05, 4.69) is 10.6 Å². The van der Waals surface area contributed by atoms with Gasteiger partial charge >= 0.3 is 5.97 Å². The predicted octanol–water partition coefficient (Wildman–Crippen LogP) is 0.602. The van der Waals surface area contributed by atoms with Crippen LogP contribution in [0, 0.1) is 17.3 Å². The molecule has 3 N–H and O–H groups in total. The van der Waals surface area contributed by atoms with Gasteiger partial charge in [0.05, 0.1) is 11.8 Å². The molecule has 2 fully saturated rings. The SMILES string of the molecule is CC1(C)[C@H](C(=O)O)[C@@H]1C(=O)NCCCNC1CC1. The molecule has 0 saturated heterocycles. The lowest BCUT2D eigenvalue weighted by Crippen LogP contribution is -2.30. The highest BCUT2D eigenvalue weighted by Gasteiger charge is 2.65. The van der Waals surface area contributed by atoms with Crippen LogP contribution in [0.2, 0.25) is 0 Å². The second-order valence-corrected chi connectivity index (χ2v) is 5.99. The molecule has 1 amide bonds. The van der Waals surface area contributed by atoms with Crippen LogP contribution in [0.3, 0.4) is 0 Å². The minimum atomic E-state index is -0.865. The summed E-state index contributed by atoms with van der Waals surface area (Å²) in [6.45, 7) is 5.22. The van der Waals surface area contributed by atoms with Gasteiger partial charge in [-0.3, -0.25) is 9.59 Å². The number of aliphatic carboxylic acids is 1. The van der Waals surface area contributed by atoms with Crippen molar-refractivity contribution in [3.05, 3.63) is 0 Å². The summed E-state index contributed by atoms with van der Waals surface area (Å²) in [5, 5.41) is 15.2. The summed E-state index contributed by atoms with van der Waals surface area (Å²) in [7, 11) is 0. The Labute approximate surface area is 107 Å². The minimum absolute atomic E-state index is 0.112. The highest BCUT2D eigenvalue weighted by molar-refractivity contribution is 5.91. The van der Waals surface area contributed by atoms with Crippen molar-refractivity contribution in [2.24, 2.45) is 17.3 Å². The molecule has 0 radical (unpaired) electrons. The van der Waals surface area contributed by atoms with Gasteiger partial charge in [0.2, 0.25) is 5.91 Å². The molecule has 2 aliphatic rings. The molecule has 0 spiro atoms. The molecule has 5 nitrogen and oxygen atoms in total. The average Bonchev–Trinajstić information content (AvgIpc) is 3.14. The maximum atomic E-state index is 11.9. The number of amides is 1. The van der Waals surface area contributed by atoms with Gasteiger partial charge in [-0.2, -0.15) is 0 Å². The van der Waals surface area contributed by atoms with Crippen molar-refractivity contribution < 1.29 is 14.7 Å². The van der Waals surface area contributed by atoms with E-state index in [1.807, 2.05) is 13.8 Å². The Morgan fingerprint density at radius 3 is 2.39 bits per heavy atom. The molecule has 0 aromatic carbocycles. The van der Waals surface area contributed by atoms with Crippen molar-refractivity contribution in [1.82, 2.24) is 10.6 Å². The first-order valence-electron chi connectivity index (χ1n) is 6.68. The number of carbonyl (C=O) groups excluding carboxylic acids is 1. The quantitative estimate of drug-likeness (QED) is 0.581. The van der Waals surface area contributed by atoms with E-state index in [1.54, 1.807) is 0 Å². The first kappa shape index (κ1) is 13.3. The lowest BCUT2D eigenvalue weighted by atomic mass is 10.1. The van der Waals surface area contributed by atoms with Gasteiger partial charge in [-0.05, 0) is 31.2 Å². The highest BCUT2D eigenvalue weighted by atomic mass is 16.4. The van der Waals surface area contributed by atoms with Crippen molar-refractivity contribution in [2.75, 3.05) is 13.1 Å². The Balaban J connectivity index is 1.64. The fraction of sp³-hybridized carbons (Fsp3) is 0.846. The average molecular weight is 254 g/mol. The third kappa shape index (κ3) is 2.83. The van der Waals surface area contributed by atoms with Crippen LogP contribution in [0.1, 0.15) is 33.1 Å². The number of hydrogen-bond acceptors (Lipinski definition) is 3. The number of carbonyl (C=O) groups is 2. The van der Waals surface area contributed by atoms with Crippen LogP contribution in [0.5, 0.6) is 0 Å². The van der Waals surface area contributed by atoms with E-state index >= 15 is 0 Å². The smallest absolute Gasteiger partial charge is 0.307 e. The normalized spacial score (nSPS) is 28.8. The van der Waals surface area contributed by atoms with Crippen molar-refractivity contribution in [3.8, 4) is 0 Å². The van der Waals surface area contributed by atoms with Gasteiger partial charge < -0.3 is 15.7 Å². The third-order valence-corrected chi connectivity index (χ3v) is 4.04. The van der Waals surface area contributed by atoms with Crippen molar-refractivity contribution >= 4 is 11.9 Å². The molecular formula is C13H22N2O3. The standard InChI is InChI=1S/C13H22N2O3/c1-13(2)9(10(13)12(17)18)11(16)15-7-3-6-14-8-4-5-8/h8-10,14H,3-7H2,1-2H3,(H,15,16)(H,17,18)/t9-,10+/m1/s1. The van der Waals surface area contributed by atoms with Crippen LogP contribution in [-0.4, -0.2) is 36.1 Å². The zero-order valence-electron chi connectivity index (χ0n) is 11.0. The van der Waals surface area contributed by atoms with Gasteiger partial charge in [-0.25, -0.2) is 0 Å². The largest absolute Gasteiger partial charge is 0.481 e. The zero-order valence-corrected chi connectivity index (χ0v) is 11.0. The van der Waals surface area contributed by atoms with E-state index in [-0.39, 0.29) is 11.8 Å². The monoisotopic (exact) mass is 254 g/mol. The summed E-state index contributed by atoms with van der Waals surface area (Å²) in [5.74, 6) is -1.87. The molecular weight excluding hydrogens is 232 g/mol. The maximum Gasteiger partial charge on any atom is 0.307 e. The topological polar surface area (TPSA) is 78.4 Å². The van der Waals surface area contributed by atoms with Crippen LogP contribution in [0.4, 0.5) is 0 Å². The van der Waals surface area contributed by atoms with E-state index in [0.29, 0.717) is 12.6 Å². The lowest BCUT2D eigenvalue weighted by molar-refractivity contribution is -0.140. The molecule has 0 aliphatic heterocycles. The number of rotatable bonds is 7. The van der Waals surface area contributed by atoms with Gasteiger partial charge in [-0.1, -0.05) is 13.8 Å². The molecule has 18 heavy (non-hydrogen) atoms. The summed E-state index contributed by atoms with van der Waals surface area (Å²) in [6.07, 6.45) is 3.43. The second-order valence-electron chi connectivity index (χ2n) is 5.99. The molecule has 2 rings (SSSR count). The Morgan fingerprint density at radius 1 is 1.22 bits per heavy atom. The van der Waals surface area contributed by atoms with Gasteiger partial charge in [0.15, 0.2) is 0 Å². The highest BCUT2D eigenvalue weighted by Crippen LogP contribution is 2.58. The summed E-state index contributed by atoms with van der Waals surface area (Å²) in [6, 6.07) is 0.694. The van der Waals surface area contributed by atoms with Crippen LogP contribution >= 0.6 is 0 Å². The van der Waals surface area contributed by atoms with E-state index in [1.165, 1.54) is 12.8 Å². The zero-order chi connectivity index (χ0) is 13.3. The lowest BCUT2D eigenvalue weighted by Gasteiger charge is -2.06. The molecule has 0 heterocycles. The molecule has 2 saturated carbocycles. The van der Waals surface area contributed by atoms with Crippen LogP contribution < -0.4 is 10.6 Å². The summed E-state index contributed by atoms with van der Waals surface area (Å²) in [5.41, 5.74) is -0.401. The fourth-order valence-corrected chi connectivity index (χ4v) is 2.59. The van der Waals surface area contributed by atoms with Gasteiger partial charge in [0, 0.05) is 12.6 Å². The van der Waals surface area contributed by atoms with Crippen molar-refractivity contribution in [3.63, 3.8) is 0 Å². The van der Waals surface area contributed by atoms with Crippen LogP contribution in [-0.2, 0) is 9.59 Å². The van der Waals surface area contributed by atoms with E-state index in [0.717, 1.165) is 13.0 Å². The van der Waals surface area contributed by atoms with Crippen LogP contribution in [0.15, 0.2) is 0 Å². The molecule has 2 aliphatic carbocycles. The summed E-state index contributed by atoms with van der Waals surface area (Å²) in [4.78, 5) is 22.8. The number of hydrogen-bond donors (Lipinski definition) is 3. The molecule has 0 aromatic rings.